The van der Waals surface area contributed by atoms with Gasteiger partial charge in [-0.15, -0.1) is 0 Å². The molecule has 142 valence electrons. The smallest absolute Gasteiger partial charge is 0.267 e. The van der Waals surface area contributed by atoms with E-state index >= 15 is 0 Å². The lowest BCUT2D eigenvalue weighted by Gasteiger charge is -2.33. The predicted octanol–water partition coefficient (Wildman–Crippen LogP) is 1.94. The number of rotatable bonds is 6. The van der Waals surface area contributed by atoms with E-state index in [0.29, 0.717) is 24.6 Å². The van der Waals surface area contributed by atoms with E-state index < -0.39 is 5.91 Å². The molecule has 0 saturated carbocycles. The Morgan fingerprint density at radius 3 is 2.89 bits per heavy atom. The Morgan fingerprint density at radius 1 is 1.30 bits per heavy atom. The van der Waals surface area contributed by atoms with Crippen LogP contribution in [0.15, 0.2) is 42.6 Å². The first kappa shape index (κ1) is 18.7. The van der Waals surface area contributed by atoms with Gasteiger partial charge in [0, 0.05) is 18.8 Å². The molecule has 1 unspecified atom stereocenters. The number of benzene rings is 1. The van der Waals surface area contributed by atoms with E-state index in [2.05, 4.69) is 4.98 Å². The molecule has 1 atom stereocenters. The van der Waals surface area contributed by atoms with Crippen LogP contribution in [0.1, 0.15) is 28.9 Å². The number of primary amides is 1. The molecule has 0 radical (unpaired) electrons. The first-order valence-corrected chi connectivity index (χ1v) is 8.91. The van der Waals surface area contributed by atoms with Crippen molar-refractivity contribution < 1.29 is 19.1 Å². The number of aromatic nitrogens is 1. The summed E-state index contributed by atoms with van der Waals surface area (Å²) in [5, 5.41) is 0. The fraction of sp³-hybridized carbons (Fsp3) is 0.350. The third-order valence-electron chi connectivity index (χ3n) is 4.46. The molecular formula is C20H23N3O4. The van der Waals surface area contributed by atoms with Gasteiger partial charge in [0.05, 0.1) is 6.54 Å². The summed E-state index contributed by atoms with van der Waals surface area (Å²) in [6.07, 6.45) is 3.01. The zero-order valence-electron chi connectivity index (χ0n) is 15.3. The Labute approximate surface area is 158 Å². The quantitative estimate of drug-likeness (QED) is 0.840. The summed E-state index contributed by atoms with van der Waals surface area (Å²) >= 11 is 0. The number of amides is 2. The molecule has 2 heterocycles. The summed E-state index contributed by atoms with van der Waals surface area (Å²) in [5.41, 5.74) is 6.39. The normalized spacial score (nSPS) is 16.6. The Kier molecular flexibility index (Phi) is 5.90. The Morgan fingerprint density at radius 2 is 2.11 bits per heavy atom. The van der Waals surface area contributed by atoms with E-state index in [1.807, 2.05) is 31.2 Å². The van der Waals surface area contributed by atoms with E-state index in [0.717, 1.165) is 18.4 Å². The fourth-order valence-corrected chi connectivity index (χ4v) is 3.02. The number of hydrogen-bond donors (Lipinski definition) is 1. The number of hydrogen-bond acceptors (Lipinski definition) is 5. The predicted molar refractivity (Wildman–Crippen MR) is 99.7 cm³/mol. The van der Waals surface area contributed by atoms with Crippen molar-refractivity contribution in [2.75, 3.05) is 19.7 Å². The first-order chi connectivity index (χ1) is 13.0. The van der Waals surface area contributed by atoms with Crippen molar-refractivity contribution in [1.29, 1.82) is 0 Å². The van der Waals surface area contributed by atoms with Crippen molar-refractivity contribution in [3.63, 3.8) is 0 Å². The number of carbonyl (C=O) groups excluding carboxylic acids is 2. The number of aryl methyl sites for hydroxylation is 1. The minimum atomic E-state index is -0.603. The number of piperidine rings is 1. The van der Waals surface area contributed by atoms with Gasteiger partial charge in [-0.2, -0.15) is 0 Å². The van der Waals surface area contributed by atoms with Gasteiger partial charge in [-0.3, -0.25) is 14.6 Å². The minimum absolute atomic E-state index is 0.00134. The molecule has 1 saturated heterocycles. The standard InChI is InChI=1S/C20H23N3O4/c1-14-5-2-3-7-18(14)26-13-19(24)23-10-4-6-16(12-23)27-15-8-9-22-17(11-15)20(21)25/h2-3,5,7-9,11,16H,4,6,10,12-13H2,1H3,(H2,21,25). The van der Waals surface area contributed by atoms with Gasteiger partial charge in [0.2, 0.25) is 0 Å². The molecular weight excluding hydrogens is 346 g/mol. The third-order valence-corrected chi connectivity index (χ3v) is 4.46. The first-order valence-electron chi connectivity index (χ1n) is 8.91. The minimum Gasteiger partial charge on any atom is -0.488 e. The van der Waals surface area contributed by atoms with Gasteiger partial charge in [0.15, 0.2) is 6.61 Å². The van der Waals surface area contributed by atoms with Crippen molar-refractivity contribution >= 4 is 11.8 Å². The van der Waals surface area contributed by atoms with E-state index in [1.165, 1.54) is 12.3 Å². The molecule has 0 bridgehead atoms. The molecule has 1 aromatic heterocycles. The van der Waals surface area contributed by atoms with Crippen molar-refractivity contribution in [1.82, 2.24) is 9.88 Å². The van der Waals surface area contributed by atoms with E-state index in [1.54, 1.807) is 11.0 Å². The van der Waals surface area contributed by atoms with Crippen LogP contribution in [0.2, 0.25) is 0 Å². The number of pyridine rings is 1. The lowest BCUT2D eigenvalue weighted by molar-refractivity contribution is -0.136. The van der Waals surface area contributed by atoms with Crippen LogP contribution in [0.25, 0.3) is 0 Å². The third kappa shape index (κ3) is 4.97. The van der Waals surface area contributed by atoms with Gasteiger partial charge >= 0.3 is 0 Å². The van der Waals surface area contributed by atoms with Crippen molar-refractivity contribution in [2.45, 2.75) is 25.9 Å². The Bertz CT molecular complexity index is 824. The zero-order valence-corrected chi connectivity index (χ0v) is 15.3. The average molecular weight is 369 g/mol. The van der Waals surface area contributed by atoms with Gasteiger partial charge in [-0.25, -0.2) is 0 Å². The van der Waals surface area contributed by atoms with Gasteiger partial charge in [-0.05, 0) is 37.5 Å². The highest BCUT2D eigenvalue weighted by Crippen LogP contribution is 2.20. The molecule has 7 nitrogen and oxygen atoms in total. The van der Waals surface area contributed by atoms with Crippen LogP contribution in [-0.4, -0.2) is 47.5 Å². The maximum Gasteiger partial charge on any atom is 0.267 e. The number of para-hydroxylation sites is 1. The highest BCUT2D eigenvalue weighted by atomic mass is 16.5. The second-order valence-electron chi connectivity index (χ2n) is 6.52. The summed E-state index contributed by atoms with van der Waals surface area (Å²) in [5.74, 6) is 0.564. The topological polar surface area (TPSA) is 94.8 Å². The van der Waals surface area contributed by atoms with Crippen LogP contribution in [0, 0.1) is 6.92 Å². The number of nitrogens with two attached hydrogens (primary N) is 1. The van der Waals surface area contributed by atoms with Crippen molar-refractivity contribution in [3.8, 4) is 11.5 Å². The maximum atomic E-state index is 12.5. The molecule has 2 N–H and O–H groups in total. The molecule has 7 heteroatoms. The monoisotopic (exact) mass is 369 g/mol. The number of nitrogens with zero attached hydrogens (tertiary/aromatic N) is 2. The van der Waals surface area contributed by atoms with Gasteiger partial charge in [0.1, 0.15) is 23.3 Å². The molecule has 1 aliphatic rings. The summed E-state index contributed by atoms with van der Waals surface area (Å²) in [6, 6.07) is 10.8. The van der Waals surface area contributed by atoms with Gasteiger partial charge in [-0.1, -0.05) is 18.2 Å². The summed E-state index contributed by atoms with van der Waals surface area (Å²) in [6.45, 7) is 3.10. The molecule has 0 aliphatic carbocycles. The maximum absolute atomic E-state index is 12.5. The highest BCUT2D eigenvalue weighted by molar-refractivity contribution is 5.91. The molecule has 2 amide bonds. The average Bonchev–Trinajstić information content (AvgIpc) is 2.67. The SMILES string of the molecule is Cc1ccccc1OCC(=O)N1CCCC(Oc2ccnc(C(N)=O)c2)C1. The molecule has 0 spiro atoms. The van der Waals surface area contributed by atoms with Crippen molar-refractivity contribution in [2.24, 2.45) is 5.73 Å². The number of carbonyl (C=O) groups is 2. The van der Waals surface area contributed by atoms with E-state index in [4.69, 9.17) is 15.2 Å². The van der Waals surface area contributed by atoms with E-state index in [-0.39, 0.29) is 24.3 Å². The zero-order chi connectivity index (χ0) is 19.2. The van der Waals surface area contributed by atoms with Crippen molar-refractivity contribution in [3.05, 3.63) is 53.9 Å². The van der Waals surface area contributed by atoms with Gasteiger partial charge < -0.3 is 20.1 Å². The molecule has 2 aromatic rings. The summed E-state index contributed by atoms with van der Waals surface area (Å²) in [4.78, 5) is 29.4. The fourth-order valence-electron chi connectivity index (χ4n) is 3.02. The van der Waals surface area contributed by atoms with Crippen LogP contribution < -0.4 is 15.2 Å². The Balaban J connectivity index is 1.55. The molecule has 1 aliphatic heterocycles. The number of likely N-dealkylation sites (tertiary alicyclic amines) is 1. The van der Waals surface area contributed by atoms with Crippen LogP contribution in [-0.2, 0) is 4.79 Å². The van der Waals surface area contributed by atoms with Gasteiger partial charge in [0.25, 0.3) is 11.8 Å². The second kappa shape index (κ2) is 8.53. The lowest BCUT2D eigenvalue weighted by atomic mass is 10.1. The second-order valence-corrected chi connectivity index (χ2v) is 6.52. The molecule has 3 rings (SSSR count). The highest BCUT2D eigenvalue weighted by Gasteiger charge is 2.25. The van der Waals surface area contributed by atoms with Crippen LogP contribution >= 0.6 is 0 Å². The van der Waals surface area contributed by atoms with Crippen LogP contribution in [0.3, 0.4) is 0 Å². The molecule has 27 heavy (non-hydrogen) atoms. The largest absolute Gasteiger partial charge is 0.488 e. The number of ether oxygens (including phenoxy) is 2. The molecule has 1 aromatic carbocycles. The van der Waals surface area contributed by atoms with Crippen LogP contribution in [0.4, 0.5) is 0 Å². The Hall–Kier alpha value is -3.09. The van der Waals surface area contributed by atoms with Crippen LogP contribution in [0.5, 0.6) is 11.5 Å². The summed E-state index contributed by atoms with van der Waals surface area (Å²) < 4.78 is 11.6. The molecule has 1 fully saturated rings. The lowest BCUT2D eigenvalue weighted by Crippen LogP contribution is -2.46. The van der Waals surface area contributed by atoms with E-state index in [9.17, 15) is 9.59 Å². The summed E-state index contributed by atoms with van der Waals surface area (Å²) in [7, 11) is 0.